The zero-order chi connectivity index (χ0) is 27.4. The Morgan fingerprint density at radius 3 is 2.63 bits per heavy atom. The van der Waals surface area contributed by atoms with Crippen LogP contribution in [0.3, 0.4) is 0 Å². The van der Waals surface area contributed by atoms with Gasteiger partial charge in [0.15, 0.2) is 5.75 Å². The molecule has 1 fully saturated rings. The lowest BCUT2D eigenvalue weighted by Crippen LogP contribution is -2.34. The largest absolute Gasteiger partial charge is 0.482 e. The highest BCUT2D eigenvalue weighted by Gasteiger charge is 2.29. The zero-order valence-electron chi connectivity index (χ0n) is 20.9. The second-order valence-electron chi connectivity index (χ2n) is 8.60. The van der Waals surface area contributed by atoms with E-state index in [0.29, 0.717) is 10.6 Å². The highest BCUT2D eigenvalue weighted by atomic mass is 35.5. The Balaban J connectivity index is 1.75. The fourth-order valence-electron chi connectivity index (χ4n) is 4.14. The molecule has 202 valence electrons. The van der Waals surface area contributed by atoms with Crippen molar-refractivity contribution in [2.75, 3.05) is 25.3 Å². The van der Waals surface area contributed by atoms with Crippen LogP contribution in [0.25, 0.3) is 11.1 Å². The number of nitrogens with zero attached hydrogens (tertiary/aromatic N) is 4. The summed E-state index contributed by atoms with van der Waals surface area (Å²) >= 11 is 12.5. The van der Waals surface area contributed by atoms with Gasteiger partial charge in [0.2, 0.25) is 5.82 Å². The van der Waals surface area contributed by atoms with E-state index in [1.807, 2.05) is 10.9 Å². The van der Waals surface area contributed by atoms with E-state index < -0.39 is 24.0 Å². The van der Waals surface area contributed by atoms with Crippen molar-refractivity contribution in [1.82, 2.24) is 20.1 Å². The monoisotopic (exact) mass is 565 g/mol. The Kier molecular flexibility index (Phi) is 8.70. The first-order valence-electron chi connectivity index (χ1n) is 11.8. The molecular weight excluding hydrogens is 540 g/mol. The number of amides is 1. The van der Waals surface area contributed by atoms with Gasteiger partial charge >= 0.3 is 12.1 Å². The molecule has 3 heterocycles. The van der Waals surface area contributed by atoms with Gasteiger partial charge in [0.05, 0.1) is 24.4 Å². The molecule has 0 bridgehead atoms. The fraction of sp³-hybridized carbons (Fsp3) is 0.360. The number of anilines is 1. The second-order valence-corrected chi connectivity index (χ2v) is 9.39. The lowest BCUT2D eigenvalue weighted by molar-refractivity contribution is -0.141. The van der Waals surface area contributed by atoms with Gasteiger partial charge in [0, 0.05) is 41.0 Å². The second kappa shape index (κ2) is 12.0. The van der Waals surface area contributed by atoms with E-state index in [0.717, 1.165) is 51.6 Å². The molecule has 0 radical (unpaired) electrons. The van der Waals surface area contributed by atoms with Crippen molar-refractivity contribution in [3.63, 3.8) is 0 Å². The van der Waals surface area contributed by atoms with Crippen LogP contribution in [0, 0.1) is 5.82 Å². The molecule has 1 atom stereocenters. The van der Waals surface area contributed by atoms with Gasteiger partial charge in [-0.05, 0) is 51.1 Å². The molecule has 0 spiro atoms. The lowest BCUT2D eigenvalue weighted by Gasteiger charge is -2.24. The van der Waals surface area contributed by atoms with Crippen molar-refractivity contribution < 1.29 is 28.3 Å². The molecule has 1 aromatic carbocycles. The van der Waals surface area contributed by atoms with E-state index in [1.165, 1.54) is 12.3 Å². The van der Waals surface area contributed by atoms with E-state index in [2.05, 4.69) is 15.4 Å². The van der Waals surface area contributed by atoms with Gasteiger partial charge in [0.25, 0.3) is 0 Å². The summed E-state index contributed by atoms with van der Waals surface area (Å²) in [6.45, 7) is 4.55. The number of benzene rings is 1. The highest BCUT2D eigenvalue weighted by molar-refractivity contribution is 6.36. The smallest absolute Gasteiger partial charge is 0.449 e. The van der Waals surface area contributed by atoms with Crippen LogP contribution in [0.15, 0.2) is 36.8 Å². The Hall–Kier alpha value is -3.41. The molecule has 1 aliphatic rings. The van der Waals surface area contributed by atoms with Crippen molar-refractivity contribution >= 4 is 41.1 Å². The maximum Gasteiger partial charge on any atom is 0.449 e. The Morgan fingerprint density at radius 1 is 1.21 bits per heavy atom. The molecule has 3 aromatic rings. The quantitative estimate of drug-likeness (QED) is 0.308. The van der Waals surface area contributed by atoms with Crippen LogP contribution in [0.2, 0.25) is 10.0 Å². The van der Waals surface area contributed by atoms with Gasteiger partial charge in [-0.15, -0.1) is 0 Å². The number of nitrogens with one attached hydrogen (secondary N) is 1. The number of rotatable bonds is 6. The fourth-order valence-corrected chi connectivity index (χ4v) is 4.81. The highest BCUT2D eigenvalue weighted by Crippen LogP contribution is 2.39. The predicted molar refractivity (Wildman–Crippen MR) is 139 cm³/mol. The topological polar surface area (TPSA) is 108 Å². The first kappa shape index (κ1) is 27.6. The number of aromatic nitrogens is 3. The van der Waals surface area contributed by atoms with E-state index in [-0.39, 0.29) is 33.2 Å². The van der Waals surface area contributed by atoms with Crippen LogP contribution in [0.4, 0.5) is 15.0 Å². The maximum atomic E-state index is 14.2. The molecule has 4 rings (SSSR count). The number of methoxy groups -OCH3 is 1. The summed E-state index contributed by atoms with van der Waals surface area (Å²) < 4.78 is 27.0. The van der Waals surface area contributed by atoms with Crippen LogP contribution in [0.5, 0.6) is 5.75 Å². The first-order chi connectivity index (χ1) is 18.2. The van der Waals surface area contributed by atoms with Gasteiger partial charge in [-0.3, -0.25) is 4.68 Å². The molecule has 1 N–H and O–H groups in total. The minimum absolute atomic E-state index is 0.0210. The van der Waals surface area contributed by atoms with Crippen LogP contribution < -0.4 is 15.1 Å². The molecule has 1 aliphatic heterocycles. The van der Waals surface area contributed by atoms with Crippen molar-refractivity contribution in [3.05, 3.63) is 58.2 Å². The van der Waals surface area contributed by atoms with E-state index in [9.17, 15) is 14.0 Å². The van der Waals surface area contributed by atoms with Crippen LogP contribution in [-0.2, 0) is 14.4 Å². The predicted octanol–water partition coefficient (Wildman–Crippen LogP) is 5.51. The number of halogens is 3. The summed E-state index contributed by atoms with van der Waals surface area (Å²) in [7, 11) is 1.12. The van der Waals surface area contributed by atoms with Gasteiger partial charge in [-0.25, -0.2) is 19.0 Å². The Labute approximate surface area is 228 Å². The molecule has 10 nitrogen and oxygen atoms in total. The maximum absolute atomic E-state index is 14.2. The number of hydrogen-bond acceptors (Lipinski definition) is 8. The summed E-state index contributed by atoms with van der Waals surface area (Å²) in [5, 5.41) is 8.39. The standard InChI is InChI=1S/C25H26Cl2FN5O5/c1-14(22-19(26)4-5-20(28)23(22)27)37-21-10-16(11-30-24(21)33(25(35)36-3)38-15(2)34)17-12-31-32(13-17)18-6-8-29-9-7-18/h4-5,10-14,18,29H,6-9H2,1-3H3. The normalized spacial score (nSPS) is 14.6. The number of ether oxygens (including phenoxy) is 2. The van der Waals surface area contributed by atoms with Crippen molar-refractivity contribution in [1.29, 1.82) is 0 Å². The summed E-state index contributed by atoms with van der Waals surface area (Å²) in [5.74, 6) is -1.61. The number of hydroxylamine groups is 1. The minimum Gasteiger partial charge on any atom is -0.482 e. The third-order valence-corrected chi connectivity index (χ3v) is 6.71. The van der Waals surface area contributed by atoms with Crippen LogP contribution in [0.1, 0.15) is 44.4 Å². The summed E-state index contributed by atoms with van der Waals surface area (Å²) in [4.78, 5) is 33.6. The molecule has 1 unspecified atom stereocenters. The summed E-state index contributed by atoms with van der Waals surface area (Å²) in [6, 6.07) is 4.38. The van der Waals surface area contributed by atoms with E-state index >= 15 is 0 Å². The van der Waals surface area contributed by atoms with Crippen molar-refractivity contribution in [2.45, 2.75) is 38.8 Å². The Morgan fingerprint density at radius 2 is 1.95 bits per heavy atom. The number of carbonyl (C=O) groups is 2. The lowest BCUT2D eigenvalue weighted by atomic mass is 10.1. The molecule has 0 aliphatic carbocycles. The molecule has 2 aromatic heterocycles. The van der Waals surface area contributed by atoms with E-state index in [4.69, 9.17) is 37.5 Å². The molecule has 1 saturated heterocycles. The molecule has 1 amide bonds. The number of piperidine rings is 1. The van der Waals surface area contributed by atoms with Gasteiger partial charge < -0.3 is 19.6 Å². The number of pyridine rings is 1. The molecular formula is C25H26Cl2FN5O5. The van der Waals surface area contributed by atoms with Crippen molar-refractivity contribution in [2.24, 2.45) is 0 Å². The first-order valence-corrected chi connectivity index (χ1v) is 12.6. The third kappa shape index (κ3) is 6.01. The van der Waals surface area contributed by atoms with E-state index in [1.54, 1.807) is 19.2 Å². The minimum atomic E-state index is -1.02. The molecule has 13 heteroatoms. The Bertz CT molecular complexity index is 1330. The van der Waals surface area contributed by atoms with Gasteiger partial charge in [-0.1, -0.05) is 28.3 Å². The summed E-state index contributed by atoms with van der Waals surface area (Å²) in [6.07, 6.45) is 5.10. The van der Waals surface area contributed by atoms with Crippen LogP contribution >= 0.6 is 23.2 Å². The number of carbonyl (C=O) groups excluding carboxylic acids is 2. The van der Waals surface area contributed by atoms with Crippen molar-refractivity contribution in [3.8, 4) is 16.9 Å². The molecule has 0 saturated carbocycles. The van der Waals surface area contributed by atoms with Gasteiger partial charge in [0.1, 0.15) is 11.9 Å². The molecule has 38 heavy (non-hydrogen) atoms. The SMILES string of the molecule is COC(=O)N(OC(C)=O)c1ncc(-c2cnn(C3CCNCC3)c2)cc1OC(C)c1c(Cl)ccc(F)c1Cl. The number of hydrogen-bond donors (Lipinski definition) is 1. The average molecular weight is 566 g/mol. The summed E-state index contributed by atoms with van der Waals surface area (Å²) in [5.41, 5.74) is 1.56. The van der Waals surface area contributed by atoms with Gasteiger partial charge in [-0.2, -0.15) is 5.10 Å². The zero-order valence-corrected chi connectivity index (χ0v) is 22.4. The third-order valence-electron chi connectivity index (χ3n) is 5.99. The van der Waals surface area contributed by atoms with Crippen LogP contribution in [-0.4, -0.2) is 47.0 Å². The average Bonchev–Trinajstić information content (AvgIpc) is 3.40.